The maximum Gasteiger partial charge on any atom is 0.223 e. The van der Waals surface area contributed by atoms with Crippen LogP contribution in [0.5, 0.6) is 0 Å². The zero-order chi connectivity index (χ0) is 10.8. The van der Waals surface area contributed by atoms with Gasteiger partial charge in [0.1, 0.15) is 0 Å². The van der Waals surface area contributed by atoms with Crippen LogP contribution in [-0.4, -0.2) is 25.0 Å². The molecule has 2 fully saturated rings. The number of carbonyl (C=O) groups is 1. The average molecular weight is 210 g/mol. The Hall–Kier alpha value is -0.570. The molecule has 3 unspecified atom stereocenters. The molecule has 2 rings (SSSR count). The topological polar surface area (TPSA) is 41.1 Å². The van der Waals surface area contributed by atoms with E-state index in [4.69, 9.17) is 0 Å². The first-order chi connectivity index (χ1) is 7.22. The van der Waals surface area contributed by atoms with Crippen molar-refractivity contribution in [1.29, 1.82) is 0 Å². The van der Waals surface area contributed by atoms with E-state index in [1.165, 1.54) is 19.3 Å². The van der Waals surface area contributed by atoms with Crippen molar-refractivity contribution in [2.24, 2.45) is 17.8 Å². The second-order valence-electron chi connectivity index (χ2n) is 5.11. The van der Waals surface area contributed by atoms with Gasteiger partial charge in [0.05, 0.1) is 0 Å². The smallest absolute Gasteiger partial charge is 0.223 e. The Morgan fingerprint density at radius 3 is 2.80 bits per heavy atom. The Labute approximate surface area is 92.0 Å². The number of nitrogens with one attached hydrogen (secondary N) is 2. The van der Waals surface area contributed by atoms with E-state index in [-0.39, 0.29) is 11.8 Å². The van der Waals surface area contributed by atoms with Gasteiger partial charge in [-0.15, -0.1) is 0 Å². The summed E-state index contributed by atoms with van der Waals surface area (Å²) in [7, 11) is 0. The van der Waals surface area contributed by atoms with E-state index < -0.39 is 0 Å². The molecule has 2 aliphatic rings. The van der Waals surface area contributed by atoms with E-state index in [1.54, 1.807) is 0 Å². The van der Waals surface area contributed by atoms with E-state index in [2.05, 4.69) is 24.5 Å². The van der Waals surface area contributed by atoms with Crippen molar-refractivity contribution in [2.45, 2.75) is 39.2 Å². The normalized spacial score (nSPS) is 31.9. The Balaban J connectivity index is 1.68. The summed E-state index contributed by atoms with van der Waals surface area (Å²) < 4.78 is 0. The second-order valence-corrected chi connectivity index (χ2v) is 5.11. The van der Waals surface area contributed by atoms with Crippen LogP contribution < -0.4 is 10.6 Å². The van der Waals surface area contributed by atoms with Gasteiger partial charge >= 0.3 is 0 Å². The Morgan fingerprint density at radius 1 is 1.53 bits per heavy atom. The van der Waals surface area contributed by atoms with Crippen molar-refractivity contribution in [1.82, 2.24) is 10.6 Å². The van der Waals surface area contributed by atoms with Crippen LogP contribution in [0.25, 0.3) is 0 Å². The third-order valence-corrected chi connectivity index (χ3v) is 3.84. The summed E-state index contributed by atoms with van der Waals surface area (Å²) in [5.74, 6) is 1.79. The quantitative estimate of drug-likeness (QED) is 0.714. The van der Waals surface area contributed by atoms with E-state index in [0.717, 1.165) is 19.0 Å². The van der Waals surface area contributed by atoms with Crippen molar-refractivity contribution in [3.63, 3.8) is 0 Å². The molecule has 1 aliphatic heterocycles. The fraction of sp³-hybridized carbons (Fsp3) is 0.917. The molecule has 1 saturated heterocycles. The Kier molecular flexibility index (Phi) is 3.29. The summed E-state index contributed by atoms with van der Waals surface area (Å²) in [4.78, 5) is 11.8. The minimum Gasteiger partial charge on any atom is -0.353 e. The van der Waals surface area contributed by atoms with Gasteiger partial charge in [0.25, 0.3) is 0 Å². The van der Waals surface area contributed by atoms with E-state index in [9.17, 15) is 4.79 Å². The highest BCUT2D eigenvalue weighted by Gasteiger charge is 2.39. The molecule has 3 heteroatoms. The first kappa shape index (κ1) is 10.9. The molecule has 0 radical (unpaired) electrons. The lowest BCUT2D eigenvalue weighted by molar-refractivity contribution is -0.126. The molecule has 86 valence electrons. The summed E-state index contributed by atoms with van der Waals surface area (Å²) in [6.07, 6.45) is 3.71. The predicted octanol–water partition coefficient (Wildman–Crippen LogP) is 1.15. The first-order valence-electron chi connectivity index (χ1n) is 6.23. The van der Waals surface area contributed by atoms with Crippen molar-refractivity contribution >= 4 is 5.91 Å². The molecular formula is C12H22N2O. The lowest BCUT2D eigenvalue weighted by Crippen LogP contribution is -2.50. The molecule has 0 aromatic carbocycles. The van der Waals surface area contributed by atoms with Gasteiger partial charge in [-0.05, 0) is 37.8 Å². The van der Waals surface area contributed by atoms with E-state index >= 15 is 0 Å². The third kappa shape index (κ3) is 2.51. The van der Waals surface area contributed by atoms with Gasteiger partial charge in [-0.25, -0.2) is 0 Å². The van der Waals surface area contributed by atoms with Crippen molar-refractivity contribution in [2.75, 3.05) is 13.1 Å². The summed E-state index contributed by atoms with van der Waals surface area (Å²) in [5.41, 5.74) is 0. The molecule has 0 aromatic rings. The van der Waals surface area contributed by atoms with E-state index in [1.807, 2.05) is 0 Å². The van der Waals surface area contributed by atoms with Gasteiger partial charge in [0.15, 0.2) is 0 Å². The van der Waals surface area contributed by atoms with Crippen LogP contribution in [0.4, 0.5) is 0 Å². The fourth-order valence-corrected chi connectivity index (χ4v) is 2.31. The molecule has 1 amide bonds. The van der Waals surface area contributed by atoms with Crippen molar-refractivity contribution < 1.29 is 4.79 Å². The van der Waals surface area contributed by atoms with Crippen LogP contribution in [0.3, 0.4) is 0 Å². The summed E-state index contributed by atoms with van der Waals surface area (Å²) in [6, 6.07) is 0.493. The van der Waals surface area contributed by atoms with Crippen LogP contribution >= 0.6 is 0 Å². The molecule has 2 N–H and O–H groups in total. The Morgan fingerprint density at radius 2 is 2.27 bits per heavy atom. The van der Waals surface area contributed by atoms with Gasteiger partial charge in [0.2, 0.25) is 5.91 Å². The van der Waals surface area contributed by atoms with Gasteiger partial charge < -0.3 is 10.6 Å². The first-order valence-corrected chi connectivity index (χ1v) is 6.23. The maximum absolute atomic E-state index is 11.8. The maximum atomic E-state index is 11.8. The highest BCUT2D eigenvalue weighted by Crippen LogP contribution is 2.35. The van der Waals surface area contributed by atoms with Gasteiger partial charge in [0, 0.05) is 12.0 Å². The largest absolute Gasteiger partial charge is 0.353 e. The molecule has 1 heterocycles. The minimum absolute atomic E-state index is 0.189. The highest BCUT2D eigenvalue weighted by atomic mass is 16.2. The molecule has 0 aromatic heterocycles. The fourth-order valence-electron chi connectivity index (χ4n) is 2.31. The van der Waals surface area contributed by atoms with Crippen molar-refractivity contribution in [3.05, 3.63) is 0 Å². The lowest BCUT2D eigenvalue weighted by atomic mass is 9.88. The molecule has 0 spiro atoms. The van der Waals surface area contributed by atoms with Gasteiger partial charge in [-0.3, -0.25) is 4.79 Å². The summed E-state index contributed by atoms with van der Waals surface area (Å²) >= 11 is 0. The number of hydrogen-bond donors (Lipinski definition) is 2. The average Bonchev–Trinajstić information content (AvgIpc) is 2.81. The third-order valence-electron chi connectivity index (χ3n) is 3.84. The van der Waals surface area contributed by atoms with Crippen LogP contribution in [0, 0.1) is 17.8 Å². The SMILES string of the molecule is CCCC1CC1NC(=O)C(C)C1CNC1. The molecule has 1 aliphatic carbocycles. The lowest BCUT2D eigenvalue weighted by Gasteiger charge is -2.31. The van der Waals surface area contributed by atoms with Crippen LogP contribution in [-0.2, 0) is 4.79 Å². The number of rotatable bonds is 5. The van der Waals surface area contributed by atoms with E-state index in [0.29, 0.717) is 12.0 Å². The molecular weight excluding hydrogens is 188 g/mol. The van der Waals surface area contributed by atoms with Gasteiger partial charge in [-0.2, -0.15) is 0 Å². The number of carbonyl (C=O) groups excluding carboxylic acids is 1. The van der Waals surface area contributed by atoms with Crippen LogP contribution in [0.1, 0.15) is 33.1 Å². The van der Waals surface area contributed by atoms with Crippen LogP contribution in [0.2, 0.25) is 0 Å². The molecule has 3 nitrogen and oxygen atoms in total. The zero-order valence-electron chi connectivity index (χ0n) is 9.75. The Bertz CT molecular complexity index is 238. The summed E-state index contributed by atoms with van der Waals surface area (Å²) in [6.45, 7) is 6.28. The molecule has 15 heavy (non-hydrogen) atoms. The molecule has 0 bridgehead atoms. The highest BCUT2D eigenvalue weighted by molar-refractivity contribution is 5.79. The van der Waals surface area contributed by atoms with Gasteiger partial charge in [-0.1, -0.05) is 20.3 Å². The minimum atomic E-state index is 0.189. The monoisotopic (exact) mass is 210 g/mol. The van der Waals surface area contributed by atoms with Crippen LogP contribution in [0.15, 0.2) is 0 Å². The number of hydrogen-bond acceptors (Lipinski definition) is 2. The van der Waals surface area contributed by atoms with Crippen molar-refractivity contribution in [3.8, 4) is 0 Å². The number of amides is 1. The predicted molar refractivity (Wildman–Crippen MR) is 60.5 cm³/mol. The molecule has 3 atom stereocenters. The molecule has 1 saturated carbocycles. The standard InChI is InChI=1S/C12H22N2O/c1-3-4-9-5-11(9)14-12(15)8(2)10-6-13-7-10/h8-11,13H,3-7H2,1-2H3,(H,14,15). The zero-order valence-corrected chi connectivity index (χ0v) is 9.75. The second kappa shape index (κ2) is 4.52. The summed E-state index contributed by atoms with van der Waals surface area (Å²) in [5, 5.41) is 6.39.